The Balaban J connectivity index is 2.10. The summed E-state index contributed by atoms with van der Waals surface area (Å²) in [5, 5.41) is 18.6. The Bertz CT molecular complexity index is 292. The summed E-state index contributed by atoms with van der Waals surface area (Å²) >= 11 is 0. The van der Waals surface area contributed by atoms with E-state index in [9.17, 15) is 5.11 Å². The standard InChI is InChI=1S/C12H15O2/c13-11-6-4-9(5-7-11)10-2-1-3-12(14)8-10/h4-8,10,12-14H,1-3H2. The first-order valence-corrected chi connectivity index (χ1v) is 5.08. The number of aliphatic hydroxyl groups is 1. The second kappa shape index (κ2) is 4.01. The Morgan fingerprint density at radius 3 is 2.43 bits per heavy atom. The van der Waals surface area contributed by atoms with Crippen LogP contribution in [0.3, 0.4) is 0 Å². The second-order valence-corrected chi connectivity index (χ2v) is 3.89. The largest absolute Gasteiger partial charge is 0.508 e. The highest BCUT2D eigenvalue weighted by Crippen LogP contribution is 2.32. The predicted molar refractivity (Wildman–Crippen MR) is 55.0 cm³/mol. The van der Waals surface area contributed by atoms with Gasteiger partial charge in [0.15, 0.2) is 0 Å². The maximum Gasteiger partial charge on any atom is 0.115 e. The van der Waals surface area contributed by atoms with Crippen LogP contribution < -0.4 is 0 Å². The van der Waals surface area contributed by atoms with Crippen LogP contribution in [0.15, 0.2) is 24.3 Å². The molecule has 0 heterocycles. The van der Waals surface area contributed by atoms with Crippen LogP contribution in [0.4, 0.5) is 0 Å². The molecule has 1 saturated carbocycles. The molecule has 2 heteroatoms. The number of hydrogen-bond acceptors (Lipinski definition) is 2. The van der Waals surface area contributed by atoms with Crippen LogP contribution in [0.1, 0.15) is 30.7 Å². The molecule has 2 unspecified atom stereocenters. The lowest BCUT2D eigenvalue weighted by Gasteiger charge is -2.25. The maximum atomic E-state index is 9.49. The molecule has 0 amide bonds. The fourth-order valence-corrected chi connectivity index (χ4v) is 2.01. The first kappa shape index (κ1) is 9.53. The van der Waals surface area contributed by atoms with Gasteiger partial charge in [-0.3, -0.25) is 0 Å². The minimum atomic E-state index is -0.262. The molecule has 0 aromatic heterocycles. The summed E-state index contributed by atoms with van der Waals surface area (Å²) in [7, 11) is 0. The van der Waals surface area contributed by atoms with Crippen molar-refractivity contribution in [1.82, 2.24) is 0 Å². The smallest absolute Gasteiger partial charge is 0.115 e. The highest BCUT2D eigenvalue weighted by atomic mass is 16.3. The molecule has 2 nitrogen and oxygen atoms in total. The van der Waals surface area contributed by atoms with Crippen LogP contribution >= 0.6 is 0 Å². The van der Waals surface area contributed by atoms with E-state index in [4.69, 9.17) is 5.11 Å². The van der Waals surface area contributed by atoms with Crippen LogP contribution in [0.5, 0.6) is 5.75 Å². The Labute approximate surface area is 84.2 Å². The van der Waals surface area contributed by atoms with Crippen molar-refractivity contribution in [1.29, 1.82) is 0 Å². The van der Waals surface area contributed by atoms with Gasteiger partial charge in [0.2, 0.25) is 0 Å². The number of phenolic OH excluding ortho intramolecular Hbond substituents is 1. The quantitative estimate of drug-likeness (QED) is 0.714. The van der Waals surface area contributed by atoms with Crippen molar-refractivity contribution in [2.75, 3.05) is 0 Å². The SMILES string of the molecule is Oc1ccc(C2[CH]C(O)CCC2)cc1. The molecule has 0 bridgehead atoms. The molecule has 1 aliphatic rings. The van der Waals surface area contributed by atoms with Crippen LogP contribution in [-0.2, 0) is 0 Å². The molecule has 1 radical (unpaired) electrons. The van der Waals surface area contributed by atoms with Crippen LogP contribution in [0.2, 0.25) is 0 Å². The zero-order valence-corrected chi connectivity index (χ0v) is 8.06. The molecule has 1 fully saturated rings. The van der Waals surface area contributed by atoms with E-state index in [1.807, 2.05) is 18.6 Å². The maximum absolute atomic E-state index is 9.49. The zero-order chi connectivity index (χ0) is 9.97. The third-order valence-electron chi connectivity index (χ3n) is 2.79. The van der Waals surface area contributed by atoms with Crippen molar-refractivity contribution in [2.45, 2.75) is 31.3 Å². The summed E-state index contributed by atoms with van der Waals surface area (Å²) in [5.41, 5.74) is 1.18. The van der Waals surface area contributed by atoms with Gasteiger partial charge in [-0.15, -0.1) is 0 Å². The number of rotatable bonds is 1. The summed E-state index contributed by atoms with van der Waals surface area (Å²) < 4.78 is 0. The normalized spacial score (nSPS) is 27.5. The van der Waals surface area contributed by atoms with Crippen molar-refractivity contribution in [3.8, 4) is 5.75 Å². The number of hydrogen-bond donors (Lipinski definition) is 2. The van der Waals surface area contributed by atoms with E-state index in [0.29, 0.717) is 11.7 Å². The first-order chi connectivity index (χ1) is 6.75. The lowest BCUT2D eigenvalue weighted by atomic mass is 9.82. The molecule has 14 heavy (non-hydrogen) atoms. The van der Waals surface area contributed by atoms with E-state index in [-0.39, 0.29) is 6.10 Å². The molecule has 0 spiro atoms. The zero-order valence-electron chi connectivity index (χ0n) is 8.06. The molecule has 1 aliphatic carbocycles. The minimum absolute atomic E-state index is 0.262. The molecular weight excluding hydrogens is 176 g/mol. The Morgan fingerprint density at radius 1 is 1.07 bits per heavy atom. The monoisotopic (exact) mass is 191 g/mol. The third-order valence-corrected chi connectivity index (χ3v) is 2.79. The molecule has 1 aromatic rings. The lowest BCUT2D eigenvalue weighted by Crippen LogP contribution is -2.18. The van der Waals surface area contributed by atoms with Gasteiger partial charge in [0.25, 0.3) is 0 Å². The summed E-state index contributed by atoms with van der Waals surface area (Å²) in [6, 6.07) is 7.25. The molecule has 0 saturated heterocycles. The third kappa shape index (κ3) is 2.07. The van der Waals surface area contributed by atoms with Gasteiger partial charge in [-0.1, -0.05) is 18.6 Å². The summed E-state index contributed by atoms with van der Waals surface area (Å²) in [6.07, 6.45) is 4.79. The molecular formula is C12H15O2. The van der Waals surface area contributed by atoms with Gasteiger partial charge in [-0.25, -0.2) is 0 Å². The Morgan fingerprint density at radius 2 is 1.79 bits per heavy atom. The second-order valence-electron chi connectivity index (χ2n) is 3.89. The lowest BCUT2D eigenvalue weighted by molar-refractivity contribution is 0.167. The van der Waals surface area contributed by atoms with E-state index in [1.54, 1.807) is 12.1 Å². The Hall–Kier alpha value is -1.02. The van der Waals surface area contributed by atoms with Crippen molar-refractivity contribution in [2.24, 2.45) is 0 Å². The van der Waals surface area contributed by atoms with Gasteiger partial charge >= 0.3 is 0 Å². The van der Waals surface area contributed by atoms with E-state index >= 15 is 0 Å². The molecule has 75 valence electrons. The van der Waals surface area contributed by atoms with Crippen LogP contribution in [-0.4, -0.2) is 16.3 Å². The highest BCUT2D eigenvalue weighted by molar-refractivity contribution is 5.30. The van der Waals surface area contributed by atoms with Crippen molar-refractivity contribution >= 4 is 0 Å². The van der Waals surface area contributed by atoms with Crippen LogP contribution in [0, 0.1) is 6.42 Å². The summed E-state index contributed by atoms with van der Waals surface area (Å²) in [5.74, 6) is 0.643. The van der Waals surface area contributed by atoms with E-state index in [1.165, 1.54) is 5.56 Å². The van der Waals surface area contributed by atoms with Gasteiger partial charge in [0, 0.05) is 0 Å². The number of aromatic hydroxyl groups is 1. The van der Waals surface area contributed by atoms with E-state index < -0.39 is 0 Å². The van der Waals surface area contributed by atoms with Crippen molar-refractivity contribution in [3.05, 3.63) is 36.2 Å². The minimum Gasteiger partial charge on any atom is -0.508 e. The predicted octanol–water partition coefficient (Wildman–Crippen LogP) is 2.22. The van der Waals surface area contributed by atoms with E-state index in [2.05, 4.69) is 0 Å². The Kier molecular flexibility index (Phi) is 2.73. The van der Waals surface area contributed by atoms with Crippen molar-refractivity contribution in [3.63, 3.8) is 0 Å². The average Bonchev–Trinajstić information content (AvgIpc) is 2.19. The summed E-state index contributed by atoms with van der Waals surface area (Å²) in [4.78, 5) is 0. The molecule has 0 aliphatic heterocycles. The van der Waals surface area contributed by atoms with Gasteiger partial charge in [-0.05, 0) is 42.9 Å². The topological polar surface area (TPSA) is 40.5 Å². The average molecular weight is 191 g/mol. The molecule has 2 atom stereocenters. The van der Waals surface area contributed by atoms with Gasteiger partial charge in [0.1, 0.15) is 5.75 Å². The van der Waals surface area contributed by atoms with Crippen LogP contribution in [0.25, 0.3) is 0 Å². The first-order valence-electron chi connectivity index (χ1n) is 5.08. The molecule has 2 rings (SSSR count). The number of aliphatic hydroxyl groups excluding tert-OH is 1. The molecule has 1 aromatic carbocycles. The number of phenols is 1. The van der Waals surface area contributed by atoms with Gasteiger partial charge in [0.05, 0.1) is 6.10 Å². The number of benzene rings is 1. The summed E-state index contributed by atoms with van der Waals surface area (Å²) in [6.45, 7) is 0. The van der Waals surface area contributed by atoms with E-state index in [0.717, 1.165) is 19.3 Å². The highest BCUT2D eigenvalue weighted by Gasteiger charge is 2.21. The fraction of sp³-hybridized carbons (Fsp3) is 0.417. The van der Waals surface area contributed by atoms with Crippen molar-refractivity contribution < 1.29 is 10.2 Å². The molecule has 2 N–H and O–H groups in total. The van der Waals surface area contributed by atoms with Gasteiger partial charge in [-0.2, -0.15) is 0 Å². The fourth-order valence-electron chi connectivity index (χ4n) is 2.01. The van der Waals surface area contributed by atoms with Gasteiger partial charge < -0.3 is 10.2 Å².